The van der Waals surface area contributed by atoms with Gasteiger partial charge >= 0.3 is 10.1 Å². The van der Waals surface area contributed by atoms with Gasteiger partial charge in [0.25, 0.3) is 0 Å². The molecule has 8 heteroatoms. The van der Waals surface area contributed by atoms with Crippen LogP contribution in [0.2, 0.25) is 0 Å². The molecule has 0 aliphatic carbocycles. The van der Waals surface area contributed by atoms with Gasteiger partial charge in [-0.25, -0.2) is 0 Å². The third-order valence-electron chi connectivity index (χ3n) is 7.31. The Morgan fingerprint density at radius 1 is 0.476 bits per heavy atom. The second kappa shape index (κ2) is 12.0. The molecular weight excluding hydrogens is 563 g/mol. The van der Waals surface area contributed by atoms with Crippen LogP contribution in [-0.4, -0.2) is 54.3 Å². The molecule has 4 rings (SSSR count). The van der Waals surface area contributed by atoms with E-state index in [4.69, 9.17) is 3.63 Å². The van der Waals surface area contributed by atoms with Gasteiger partial charge in [-0.3, -0.25) is 3.63 Å². The van der Waals surface area contributed by atoms with E-state index in [0.717, 1.165) is 37.3 Å². The molecule has 0 amide bonds. The van der Waals surface area contributed by atoms with Crippen LogP contribution in [0.5, 0.6) is 0 Å². The van der Waals surface area contributed by atoms with Gasteiger partial charge in [-0.2, -0.15) is 0 Å². The Labute approximate surface area is 254 Å². The molecular formula is C34H44N3O3S2+. The third kappa shape index (κ3) is 6.46. The summed E-state index contributed by atoms with van der Waals surface area (Å²) < 4.78 is 33.5. The first-order chi connectivity index (χ1) is 19.6. The molecule has 0 bridgehead atoms. The lowest BCUT2D eigenvalue weighted by Gasteiger charge is -2.35. The highest BCUT2D eigenvalue weighted by Gasteiger charge is 2.43. The Morgan fingerprint density at radius 3 is 1.02 bits per heavy atom. The summed E-state index contributed by atoms with van der Waals surface area (Å²) in [7, 11) is 5.25. The van der Waals surface area contributed by atoms with Crippen LogP contribution in [0.1, 0.15) is 26.3 Å². The summed E-state index contributed by atoms with van der Waals surface area (Å²) in [6.45, 7) is 6.34. The normalized spacial score (nSPS) is 12.6. The van der Waals surface area contributed by atoms with Gasteiger partial charge in [-0.1, -0.05) is 32.9 Å². The van der Waals surface area contributed by atoms with Crippen molar-refractivity contribution in [3.8, 4) is 0 Å². The second-order valence-electron chi connectivity index (χ2n) is 12.1. The van der Waals surface area contributed by atoms with Crippen molar-refractivity contribution >= 4 is 37.5 Å². The summed E-state index contributed by atoms with van der Waals surface area (Å²) in [5.41, 5.74) is 4.05. The average molecular weight is 607 g/mol. The Balaban J connectivity index is 1.99. The summed E-state index contributed by atoms with van der Waals surface area (Å²) in [6, 6.07) is 31.4. The number of hydrogen-bond donors (Lipinski definition) is 0. The SMILES string of the molecule is CN(C)c1ccc(S([OH+]S(=O)(=O)c2ccc(C(C)(C)C)cc2)(c2ccc(N(C)C)cc2)c2ccc(N(C)C)cc2)cc1. The van der Waals surface area contributed by atoms with Crippen molar-refractivity contribution in [2.45, 2.75) is 45.8 Å². The number of hydrogen-bond acceptors (Lipinski definition) is 5. The van der Waals surface area contributed by atoms with Crippen LogP contribution in [0, 0.1) is 0 Å². The van der Waals surface area contributed by atoms with Crippen molar-refractivity contribution in [3.05, 3.63) is 103 Å². The Morgan fingerprint density at radius 2 is 0.762 bits per heavy atom. The molecule has 0 atom stereocenters. The maximum Gasteiger partial charge on any atom is 0.422 e. The van der Waals surface area contributed by atoms with Crippen LogP contribution < -0.4 is 14.7 Å². The minimum Gasteiger partial charge on any atom is -0.378 e. The molecule has 0 aliphatic heterocycles. The largest absolute Gasteiger partial charge is 0.422 e. The third-order valence-corrected chi connectivity index (χ3v) is 12.7. The van der Waals surface area contributed by atoms with E-state index >= 15 is 0 Å². The standard InChI is InChI=1S/C34H43N3O3S2/c1-34(2,3)26-10-18-33(19-11-26)42(38,39)40-41(30-20-12-27(13-21-30)35(4)5,31-22-14-28(15-23-31)36(6)7)32-24-16-29(17-25-32)37(8)9/h10-25H,1-9H3/p+1. The first kappa shape index (κ1) is 31.5. The van der Waals surface area contributed by atoms with E-state index in [0.29, 0.717) is 0 Å². The first-order valence-corrected chi connectivity index (χ1v) is 16.9. The van der Waals surface area contributed by atoms with Crippen LogP contribution in [0.15, 0.2) is 117 Å². The summed E-state index contributed by atoms with van der Waals surface area (Å²) in [6.07, 6.45) is 0. The maximum atomic E-state index is 14.3. The van der Waals surface area contributed by atoms with E-state index in [1.54, 1.807) is 12.1 Å². The molecule has 0 saturated heterocycles. The van der Waals surface area contributed by atoms with Crippen molar-refractivity contribution in [2.75, 3.05) is 57.0 Å². The fourth-order valence-corrected chi connectivity index (χ4v) is 10.1. The van der Waals surface area contributed by atoms with E-state index in [-0.39, 0.29) is 10.3 Å². The molecule has 0 radical (unpaired) electrons. The van der Waals surface area contributed by atoms with Gasteiger partial charge in [0.05, 0.1) is 25.0 Å². The first-order valence-electron chi connectivity index (χ1n) is 13.9. The van der Waals surface area contributed by atoms with Gasteiger partial charge in [0.15, 0.2) is 0 Å². The number of nitrogens with zero attached hydrogens (tertiary/aromatic N) is 3. The highest BCUT2D eigenvalue weighted by Crippen LogP contribution is 2.69. The molecule has 6 nitrogen and oxygen atoms in total. The topological polar surface area (TPSA) is 56.7 Å². The molecule has 1 N–H and O–H groups in total. The molecule has 42 heavy (non-hydrogen) atoms. The van der Waals surface area contributed by atoms with Crippen LogP contribution in [0.3, 0.4) is 0 Å². The van der Waals surface area contributed by atoms with Crippen molar-refractivity contribution in [3.63, 3.8) is 0 Å². The van der Waals surface area contributed by atoms with E-state index < -0.39 is 20.4 Å². The van der Waals surface area contributed by atoms with Gasteiger partial charge in [-0.15, -0.1) is 8.42 Å². The molecule has 0 aliphatic rings. The van der Waals surface area contributed by atoms with Crippen molar-refractivity contribution in [1.82, 2.24) is 0 Å². The summed E-state index contributed by atoms with van der Waals surface area (Å²) in [4.78, 5) is 8.82. The zero-order valence-electron chi connectivity index (χ0n) is 26.2. The van der Waals surface area contributed by atoms with E-state index in [9.17, 15) is 8.42 Å². The second-order valence-corrected chi connectivity index (χ2v) is 16.7. The Hall–Kier alpha value is -3.46. The van der Waals surface area contributed by atoms with Gasteiger partial charge in [0.2, 0.25) is 0 Å². The fourth-order valence-electron chi connectivity index (χ4n) is 4.68. The van der Waals surface area contributed by atoms with Crippen molar-refractivity contribution in [1.29, 1.82) is 0 Å². The number of anilines is 3. The minimum atomic E-state index is -4.07. The molecule has 0 heterocycles. The maximum absolute atomic E-state index is 14.3. The highest BCUT2D eigenvalue weighted by atomic mass is 32.3. The van der Waals surface area contributed by atoms with Crippen molar-refractivity contribution in [2.24, 2.45) is 0 Å². The average Bonchev–Trinajstić information content (AvgIpc) is 2.95. The number of rotatable bonds is 9. The van der Waals surface area contributed by atoms with Gasteiger partial charge < -0.3 is 14.7 Å². The van der Waals surface area contributed by atoms with E-state index in [2.05, 4.69) is 20.8 Å². The van der Waals surface area contributed by atoms with E-state index in [1.165, 1.54) is 0 Å². The molecule has 0 saturated carbocycles. The molecule has 4 aromatic carbocycles. The lowest BCUT2D eigenvalue weighted by molar-refractivity contribution is 0.387. The van der Waals surface area contributed by atoms with E-state index in [1.807, 2.05) is 142 Å². The zero-order chi connectivity index (χ0) is 30.9. The van der Waals surface area contributed by atoms with Gasteiger partial charge in [-0.05, 0) is 95.9 Å². The number of benzene rings is 4. The lowest BCUT2D eigenvalue weighted by Crippen LogP contribution is -2.20. The smallest absolute Gasteiger partial charge is 0.378 e. The molecule has 0 spiro atoms. The Kier molecular flexibility index (Phi) is 9.02. The van der Waals surface area contributed by atoms with Crippen LogP contribution in [0.25, 0.3) is 0 Å². The summed E-state index contributed by atoms with van der Waals surface area (Å²) >= 11 is 0. The van der Waals surface area contributed by atoms with Crippen molar-refractivity contribution < 1.29 is 12.0 Å². The fraction of sp³-hybridized carbons (Fsp3) is 0.294. The quantitative estimate of drug-likeness (QED) is 0.143. The molecule has 0 fully saturated rings. The lowest BCUT2D eigenvalue weighted by atomic mass is 9.87. The van der Waals surface area contributed by atoms with Gasteiger partial charge in [0, 0.05) is 59.3 Å². The molecule has 4 aromatic rings. The highest BCUT2D eigenvalue weighted by molar-refractivity contribution is 8.32. The summed E-state index contributed by atoms with van der Waals surface area (Å²) in [5, 5.41) is 0. The van der Waals surface area contributed by atoms with Crippen LogP contribution in [-0.2, 0) is 15.5 Å². The predicted octanol–water partition coefficient (Wildman–Crippen LogP) is 7.86. The zero-order valence-corrected chi connectivity index (χ0v) is 27.8. The predicted molar refractivity (Wildman–Crippen MR) is 180 cm³/mol. The Bertz CT molecular complexity index is 1460. The van der Waals surface area contributed by atoms with Crippen LogP contribution >= 0.6 is 10.3 Å². The molecule has 0 aromatic heterocycles. The van der Waals surface area contributed by atoms with Gasteiger partial charge in [0.1, 0.15) is 4.90 Å². The summed E-state index contributed by atoms with van der Waals surface area (Å²) in [5.74, 6) is 0. The van der Waals surface area contributed by atoms with Crippen LogP contribution in [0.4, 0.5) is 17.1 Å². The monoisotopic (exact) mass is 606 g/mol. The minimum absolute atomic E-state index is 0.0923. The molecule has 224 valence electrons. The molecule has 0 unspecified atom stereocenters.